The molecule has 0 aliphatic heterocycles. The van der Waals surface area contributed by atoms with Crippen molar-refractivity contribution < 1.29 is 31.3 Å². The SMILES string of the molecule is Oc1cc2c(cc1-c1nc(C=Nc3cccc4cccc(O)c34)cc3ccccc13)-c1ccccc1C21c2ccccc2-c2ccccc21.[Pt]. The number of aromatic nitrogens is 1. The van der Waals surface area contributed by atoms with E-state index in [1.165, 1.54) is 27.8 Å². The Morgan fingerprint density at radius 1 is 0.500 bits per heavy atom. The summed E-state index contributed by atoms with van der Waals surface area (Å²) in [7, 11) is 0. The normalized spacial score (nSPS) is 13.3. The molecule has 0 atom stereocenters. The quantitative estimate of drug-likeness (QED) is 0.175. The van der Waals surface area contributed by atoms with Crippen LogP contribution in [0.1, 0.15) is 27.9 Å². The molecule has 0 unspecified atom stereocenters. The van der Waals surface area contributed by atoms with Crippen LogP contribution in [0.5, 0.6) is 11.5 Å². The van der Waals surface area contributed by atoms with Crippen LogP contribution in [0.2, 0.25) is 0 Å². The van der Waals surface area contributed by atoms with Gasteiger partial charge in [-0.25, -0.2) is 4.98 Å². The van der Waals surface area contributed by atoms with E-state index in [1.807, 2.05) is 60.7 Å². The summed E-state index contributed by atoms with van der Waals surface area (Å²) >= 11 is 0. The van der Waals surface area contributed by atoms with Gasteiger partial charge in [0.25, 0.3) is 0 Å². The van der Waals surface area contributed by atoms with Gasteiger partial charge in [0.2, 0.25) is 0 Å². The van der Waals surface area contributed by atoms with Crippen LogP contribution >= 0.6 is 0 Å². The van der Waals surface area contributed by atoms with E-state index in [4.69, 9.17) is 9.98 Å². The summed E-state index contributed by atoms with van der Waals surface area (Å²) in [5, 5.41) is 26.2. The van der Waals surface area contributed by atoms with Crippen molar-refractivity contribution in [1.82, 2.24) is 4.98 Å². The van der Waals surface area contributed by atoms with E-state index >= 15 is 0 Å². The molecule has 0 amide bonds. The molecule has 4 nitrogen and oxygen atoms in total. The summed E-state index contributed by atoms with van der Waals surface area (Å²) in [6.45, 7) is 0. The number of hydrogen-bond acceptors (Lipinski definition) is 4. The molecule has 10 rings (SSSR count). The molecule has 0 fully saturated rings. The number of rotatable bonds is 3. The Balaban J connectivity index is 0.00000336. The van der Waals surface area contributed by atoms with Crippen molar-refractivity contribution in [2.75, 3.05) is 0 Å². The van der Waals surface area contributed by atoms with E-state index in [9.17, 15) is 10.2 Å². The van der Waals surface area contributed by atoms with Crippen molar-refractivity contribution in [2.24, 2.45) is 4.99 Å². The van der Waals surface area contributed by atoms with Crippen molar-refractivity contribution in [3.8, 4) is 45.0 Å². The van der Waals surface area contributed by atoms with Gasteiger partial charge in [-0.05, 0) is 85.6 Å². The molecule has 1 aromatic heterocycles. The summed E-state index contributed by atoms with van der Waals surface area (Å²) in [6, 6.07) is 51.4. The minimum Gasteiger partial charge on any atom is -0.507 e. The van der Waals surface area contributed by atoms with Crippen LogP contribution in [0.15, 0.2) is 157 Å². The van der Waals surface area contributed by atoms with Crippen LogP contribution in [0.3, 0.4) is 0 Å². The minimum atomic E-state index is -0.539. The van der Waals surface area contributed by atoms with Crippen molar-refractivity contribution in [2.45, 2.75) is 5.41 Å². The summed E-state index contributed by atoms with van der Waals surface area (Å²) in [5.41, 5.74) is 11.6. The minimum absolute atomic E-state index is 0. The van der Waals surface area contributed by atoms with Gasteiger partial charge in [0.05, 0.1) is 28.7 Å². The van der Waals surface area contributed by atoms with Gasteiger partial charge in [-0.3, -0.25) is 4.99 Å². The molecule has 0 radical (unpaired) electrons. The smallest absolute Gasteiger partial charge is 0.125 e. The van der Waals surface area contributed by atoms with Crippen LogP contribution in [0.4, 0.5) is 5.69 Å². The summed E-state index contributed by atoms with van der Waals surface area (Å²) < 4.78 is 0. The maximum atomic E-state index is 12.1. The molecule has 0 saturated heterocycles. The fraction of sp³-hybridized carbons (Fsp3) is 0.0222. The Hall–Kier alpha value is -5.83. The summed E-state index contributed by atoms with van der Waals surface area (Å²) in [6.07, 6.45) is 1.73. The van der Waals surface area contributed by atoms with E-state index in [-0.39, 0.29) is 32.6 Å². The fourth-order valence-electron chi connectivity index (χ4n) is 8.35. The first-order valence-corrected chi connectivity index (χ1v) is 16.4. The number of fused-ring (bicyclic) bond motifs is 12. The molecule has 2 aliphatic carbocycles. The average molecular weight is 824 g/mol. The zero-order valence-electron chi connectivity index (χ0n) is 26.6. The predicted octanol–water partition coefficient (Wildman–Crippen LogP) is 10.6. The zero-order valence-corrected chi connectivity index (χ0v) is 28.9. The van der Waals surface area contributed by atoms with Gasteiger partial charge in [0.15, 0.2) is 0 Å². The van der Waals surface area contributed by atoms with Crippen molar-refractivity contribution in [3.63, 3.8) is 0 Å². The number of pyridine rings is 1. The molecule has 50 heavy (non-hydrogen) atoms. The fourth-order valence-corrected chi connectivity index (χ4v) is 8.35. The average Bonchev–Trinajstić information content (AvgIpc) is 3.60. The Morgan fingerprint density at radius 3 is 1.78 bits per heavy atom. The second-order valence-corrected chi connectivity index (χ2v) is 12.8. The zero-order chi connectivity index (χ0) is 32.7. The first-order chi connectivity index (χ1) is 24.1. The molecule has 2 aliphatic rings. The molecule has 8 aromatic rings. The van der Waals surface area contributed by atoms with Crippen LogP contribution < -0.4 is 0 Å². The Kier molecular flexibility index (Phi) is 6.88. The molecule has 0 saturated carbocycles. The second-order valence-electron chi connectivity index (χ2n) is 12.8. The topological polar surface area (TPSA) is 65.7 Å². The summed E-state index contributed by atoms with van der Waals surface area (Å²) in [5.74, 6) is 0.365. The standard InChI is InChI=1S/C45H28N2O2.Pt/c48-41-22-10-13-27-12-9-21-40(43(27)41)46-26-29-23-28-11-1-2-14-30(28)44(47-29)35-24-34-33-17-5-8-20-38(33)45(39(34)25-42(35)49)36-18-6-3-15-31(36)32-16-4-7-19-37(32)45;/h1-26,48-49H;. The van der Waals surface area contributed by atoms with E-state index in [2.05, 4.69) is 84.9 Å². The number of aliphatic imine (C=N–C) groups is 1. The van der Waals surface area contributed by atoms with E-state index in [0.29, 0.717) is 28.0 Å². The van der Waals surface area contributed by atoms with Crippen LogP contribution in [0, 0.1) is 0 Å². The Labute approximate surface area is 303 Å². The van der Waals surface area contributed by atoms with Crippen LogP contribution in [0.25, 0.3) is 55.1 Å². The monoisotopic (exact) mass is 823 g/mol. The van der Waals surface area contributed by atoms with Gasteiger partial charge in [-0.1, -0.05) is 121 Å². The van der Waals surface area contributed by atoms with E-state index < -0.39 is 5.41 Å². The van der Waals surface area contributed by atoms with Crippen molar-refractivity contribution >= 4 is 33.4 Å². The molecular weight excluding hydrogens is 796 g/mol. The molecule has 240 valence electrons. The summed E-state index contributed by atoms with van der Waals surface area (Å²) in [4.78, 5) is 9.92. The van der Waals surface area contributed by atoms with Gasteiger partial charge in [-0.15, -0.1) is 0 Å². The molecule has 0 bridgehead atoms. The number of nitrogens with zero attached hydrogens (tertiary/aromatic N) is 2. The van der Waals surface area contributed by atoms with Gasteiger partial charge in [0, 0.05) is 37.4 Å². The van der Waals surface area contributed by atoms with Gasteiger partial charge in [-0.2, -0.15) is 0 Å². The van der Waals surface area contributed by atoms with Gasteiger partial charge in [0.1, 0.15) is 11.5 Å². The molecule has 1 heterocycles. The number of hydrogen-bond donors (Lipinski definition) is 2. The molecule has 2 N–H and O–H groups in total. The van der Waals surface area contributed by atoms with Gasteiger partial charge >= 0.3 is 0 Å². The first-order valence-electron chi connectivity index (χ1n) is 16.4. The van der Waals surface area contributed by atoms with E-state index in [0.717, 1.165) is 32.8 Å². The Morgan fingerprint density at radius 2 is 1.08 bits per heavy atom. The largest absolute Gasteiger partial charge is 0.507 e. The number of phenolic OH excluding ortho intramolecular Hbond substituents is 2. The van der Waals surface area contributed by atoms with Crippen LogP contribution in [-0.4, -0.2) is 21.4 Å². The predicted molar refractivity (Wildman–Crippen MR) is 198 cm³/mol. The van der Waals surface area contributed by atoms with E-state index in [1.54, 1.807) is 12.3 Å². The third-order valence-electron chi connectivity index (χ3n) is 10.3. The maximum absolute atomic E-state index is 12.1. The van der Waals surface area contributed by atoms with Crippen LogP contribution in [-0.2, 0) is 26.5 Å². The second kappa shape index (κ2) is 11.4. The number of aromatic hydroxyl groups is 2. The van der Waals surface area contributed by atoms with Gasteiger partial charge < -0.3 is 10.2 Å². The molecular formula is C45H28N2O2Pt. The van der Waals surface area contributed by atoms with Crippen molar-refractivity contribution in [1.29, 1.82) is 0 Å². The number of phenols is 2. The van der Waals surface area contributed by atoms with Crippen molar-refractivity contribution in [3.05, 3.63) is 180 Å². The third kappa shape index (κ3) is 4.15. The third-order valence-corrected chi connectivity index (χ3v) is 10.3. The first kappa shape index (κ1) is 30.2. The maximum Gasteiger partial charge on any atom is 0.125 e. The Bertz CT molecular complexity index is 2660. The molecule has 1 spiro atoms. The molecule has 5 heteroatoms. The number of benzene rings is 7. The molecule has 7 aromatic carbocycles.